The smallest absolute Gasteiger partial charge is 0.182 e. The number of hydrogen-bond donors (Lipinski definition) is 2. The Labute approximate surface area is 112 Å². The lowest BCUT2D eigenvalue weighted by molar-refractivity contribution is 0.349. The molecule has 1 aromatic rings. The molecule has 0 spiro atoms. The summed E-state index contributed by atoms with van der Waals surface area (Å²) in [6.07, 6.45) is 5.86. The average molecular weight is 289 g/mol. The average Bonchev–Trinajstić information content (AvgIpc) is 2.62. The Kier molecular flexibility index (Phi) is 3.82. The molecular weight excluding hydrogens is 270 g/mol. The van der Waals surface area contributed by atoms with Crippen LogP contribution in [0, 0.1) is 5.92 Å². The van der Waals surface area contributed by atoms with Gasteiger partial charge in [0, 0.05) is 12.3 Å². The van der Waals surface area contributed by atoms with Crippen LogP contribution in [0.5, 0.6) is 0 Å². The van der Waals surface area contributed by atoms with Crippen LogP contribution in [0.1, 0.15) is 32.6 Å². The van der Waals surface area contributed by atoms with Gasteiger partial charge in [0.15, 0.2) is 15.7 Å². The molecule has 0 bridgehead atoms. The van der Waals surface area contributed by atoms with Crippen LogP contribution in [0.15, 0.2) is 4.90 Å². The summed E-state index contributed by atoms with van der Waals surface area (Å²) in [5.41, 5.74) is 5.65. The molecule has 1 aliphatic rings. The zero-order valence-electron chi connectivity index (χ0n) is 10.6. The van der Waals surface area contributed by atoms with E-state index in [4.69, 9.17) is 5.73 Å². The normalized spacial score (nSPS) is 25.0. The molecule has 7 heteroatoms. The van der Waals surface area contributed by atoms with E-state index in [-0.39, 0.29) is 10.7 Å². The molecule has 0 aromatic carbocycles. The van der Waals surface area contributed by atoms with E-state index < -0.39 is 9.84 Å². The Morgan fingerprint density at radius 1 is 1.39 bits per heavy atom. The van der Waals surface area contributed by atoms with Crippen LogP contribution in [0.3, 0.4) is 0 Å². The molecule has 1 saturated carbocycles. The van der Waals surface area contributed by atoms with E-state index in [1.54, 1.807) is 0 Å². The van der Waals surface area contributed by atoms with Crippen molar-refractivity contribution in [2.24, 2.45) is 5.92 Å². The van der Waals surface area contributed by atoms with E-state index in [1.165, 1.54) is 25.5 Å². The van der Waals surface area contributed by atoms with Crippen LogP contribution in [0.4, 0.5) is 10.8 Å². The summed E-state index contributed by atoms with van der Waals surface area (Å²) in [5, 5.41) is 3.91. The molecule has 1 aromatic heterocycles. The van der Waals surface area contributed by atoms with Gasteiger partial charge in [-0.05, 0) is 30.3 Å². The van der Waals surface area contributed by atoms with Gasteiger partial charge in [0.1, 0.15) is 9.90 Å². The van der Waals surface area contributed by atoms with Crippen molar-refractivity contribution in [3.05, 3.63) is 0 Å². The lowest BCUT2D eigenvalue weighted by atomic mass is 9.86. The molecule has 3 N–H and O–H groups in total. The number of nitrogens with one attached hydrogen (secondary N) is 1. The van der Waals surface area contributed by atoms with Crippen molar-refractivity contribution in [1.29, 1.82) is 0 Å². The van der Waals surface area contributed by atoms with Gasteiger partial charge in [-0.15, -0.1) is 0 Å². The minimum Gasteiger partial charge on any atom is -0.382 e. The monoisotopic (exact) mass is 289 g/mol. The molecular formula is C11H19N3O2S2. The number of rotatable bonds is 3. The van der Waals surface area contributed by atoms with Gasteiger partial charge >= 0.3 is 0 Å². The highest BCUT2D eigenvalue weighted by Gasteiger charge is 2.26. The van der Waals surface area contributed by atoms with E-state index in [0.29, 0.717) is 17.0 Å². The molecule has 0 saturated heterocycles. The second-order valence-electron chi connectivity index (χ2n) is 5.01. The molecule has 5 nitrogen and oxygen atoms in total. The molecule has 1 aliphatic carbocycles. The quantitative estimate of drug-likeness (QED) is 0.890. The summed E-state index contributed by atoms with van der Waals surface area (Å²) in [7, 11) is -3.33. The topological polar surface area (TPSA) is 85.1 Å². The van der Waals surface area contributed by atoms with Crippen molar-refractivity contribution in [1.82, 2.24) is 4.37 Å². The minimum absolute atomic E-state index is 0.105. The summed E-state index contributed by atoms with van der Waals surface area (Å²) in [4.78, 5) is 0.158. The third kappa shape index (κ3) is 2.77. The van der Waals surface area contributed by atoms with Crippen LogP contribution < -0.4 is 11.1 Å². The SMILES string of the molecule is CC1CCCCC1Nc1snc(N)c1S(C)(=O)=O. The third-order valence-corrected chi connectivity index (χ3v) is 5.55. The first kappa shape index (κ1) is 13.6. The Bertz CT molecular complexity index is 524. The number of nitrogens with two attached hydrogens (primary N) is 1. The van der Waals surface area contributed by atoms with Crippen molar-refractivity contribution in [2.45, 2.75) is 43.5 Å². The van der Waals surface area contributed by atoms with Gasteiger partial charge in [0.2, 0.25) is 0 Å². The van der Waals surface area contributed by atoms with E-state index in [1.807, 2.05) is 0 Å². The minimum atomic E-state index is -3.33. The molecule has 18 heavy (non-hydrogen) atoms. The highest BCUT2D eigenvalue weighted by molar-refractivity contribution is 7.91. The molecule has 2 unspecified atom stereocenters. The predicted molar refractivity (Wildman–Crippen MR) is 74.7 cm³/mol. The first-order valence-electron chi connectivity index (χ1n) is 6.11. The van der Waals surface area contributed by atoms with E-state index in [2.05, 4.69) is 16.6 Å². The summed E-state index contributed by atoms with van der Waals surface area (Å²) in [6.45, 7) is 2.20. The van der Waals surface area contributed by atoms with Crippen molar-refractivity contribution < 1.29 is 8.42 Å². The Morgan fingerprint density at radius 3 is 2.67 bits per heavy atom. The van der Waals surface area contributed by atoms with Gasteiger partial charge in [-0.2, -0.15) is 4.37 Å². The zero-order chi connectivity index (χ0) is 13.3. The maximum Gasteiger partial charge on any atom is 0.182 e. The molecule has 0 aliphatic heterocycles. The highest BCUT2D eigenvalue weighted by atomic mass is 32.2. The lowest BCUT2D eigenvalue weighted by Crippen LogP contribution is -2.30. The lowest BCUT2D eigenvalue weighted by Gasteiger charge is -2.29. The van der Waals surface area contributed by atoms with Gasteiger partial charge in [0.05, 0.1) is 0 Å². The molecule has 0 amide bonds. The number of anilines is 2. The van der Waals surface area contributed by atoms with E-state index in [9.17, 15) is 8.42 Å². The molecule has 2 rings (SSSR count). The van der Waals surface area contributed by atoms with Crippen LogP contribution in [-0.4, -0.2) is 25.1 Å². The molecule has 102 valence electrons. The Hall–Kier alpha value is -0.820. The van der Waals surface area contributed by atoms with Crippen molar-refractivity contribution in [3.8, 4) is 0 Å². The van der Waals surface area contributed by atoms with Gasteiger partial charge < -0.3 is 11.1 Å². The van der Waals surface area contributed by atoms with Crippen LogP contribution in [0.2, 0.25) is 0 Å². The van der Waals surface area contributed by atoms with Gasteiger partial charge in [0.25, 0.3) is 0 Å². The summed E-state index contributed by atoms with van der Waals surface area (Å²) >= 11 is 1.13. The van der Waals surface area contributed by atoms with E-state index >= 15 is 0 Å². The largest absolute Gasteiger partial charge is 0.382 e. The summed E-state index contributed by atoms with van der Waals surface area (Å²) in [6, 6.07) is 0.319. The number of nitrogens with zero attached hydrogens (tertiary/aromatic N) is 1. The Balaban J connectivity index is 2.24. The summed E-state index contributed by atoms with van der Waals surface area (Å²) in [5.74, 6) is 0.656. The Morgan fingerprint density at radius 2 is 2.06 bits per heavy atom. The van der Waals surface area contributed by atoms with Crippen LogP contribution in [-0.2, 0) is 9.84 Å². The fraction of sp³-hybridized carbons (Fsp3) is 0.727. The first-order valence-corrected chi connectivity index (χ1v) is 8.78. The summed E-state index contributed by atoms with van der Waals surface area (Å²) < 4.78 is 27.4. The number of nitrogen functional groups attached to an aromatic ring is 1. The zero-order valence-corrected chi connectivity index (χ0v) is 12.3. The second kappa shape index (κ2) is 5.05. The van der Waals surface area contributed by atoms with Gasteiger partial charge in [-0.3, -0.25) is 0 Å². The van der Waals surface area contributed by atoms with Crippen LogP contribution in [0.25, 0.3) is 0 Å². The fourth-order valence-corrected chi connectivity index (χ4v) is 4.56. The first-order chi connectivity index (χ1) is 8.39. The predicted octanol–water partition coefficient (Wildman–Crippen LogP) is 2.12. The standard InChI is InChI=1S/C11H19N3O2S2/c1-7-5-3-4-6-8(7)13-11-9(18(2,15)16)10(12)14-17-11/h7-8,13H,3-6H2,1-2H3,(H2,12,14). The van der Waals surface area contributed by atoms with Crippen molar-refractivity contribution >= 4 is 32.2 Å². The maximum absolute atomic E-state index is 11.7. The third-order valence-electron chi connectivity index (χ3n) is 3.47. The number of aromatic nitrogens is 1. The maximum atomic E-state index is 11.7. The fourth-order valence-electron chi connectivity index (χ4n) is 2.44. The van der Waals surface area contributed by atoms with Crippen LogP contribution >= 0.6 is 11.5 Å². The van der Waals surface area contributed by atoms with Gasteiger partial charge in [-0.1, -0.05) is 19.8 Å². The van der Waals surface area contributed by atoms with Crippen molar-refractivity contribution in [2.75, 3.05) is 17.3 Å². The van der Waals surface area contributed by atoms with Crippen molar-refractivity contribution in [3.63, 3.8) is 0 Å². The van der Waals surface area contributed by atoms with E-state index in [0.717, 1.165) is 18.0 Å². The molecule has 1 fully saturated rings. The molecule has 1 heterocycles. The molecule has 0 radical (unpaired) electrons. The second-order valence-corrected chi connectivity index (χ2v) is 7.74. The number of hydrogen-bond acceptors (Lipinski definition) is 6. The molecule has 2 atom stereocenters. The highest BCUT2D eigenvalue weighted by Crippen LogP contribution is 2.34. The number of sulfone groups is 1. The van der Waals surface area contributed by atoms with Gasteiger partial charge in [-0.25, -0.2) is 8.42 Å².